The number of anilines is 3. The van der Waals surface area contributed by atoms with Crippen LogP contribution in [0.5, 0.6) is 0 Å². The fourth-order valence-electron chi connectivity index (χ4n) is 1.62. The first kappa shape index (κ1) is 13.3. The molecule has 0 saturated carbocycles. The second-order valence-electron chi connectivity index (χ2n) is 4.02. The fourth-order valence-corrected chi connectivity index (χ4v) is 2.47. The number of amides is 1. The topological polar surface area (TPSA) is 97.9 Å². The van der Waals surface area contributed by atoms with Crippen molar-refractivity contribution in [3.63, 3.8) is 0 Å². The van der Waals surface area contributed by atoms with Crippen molar-refractivity contribution < 1.29 is 4.79 Å². The molecule has 8 heteroatoms. The Balaban J connectivity index is 2.18. The number of hydrogen-bond acceptors (Lipinski definition) is 6. The summed E-state index contributed by atoms with van der Waals surface area (Å²) in [6.07, 6.45) is 1.75. The van der Waals surface area contributed by atoms with Gasteiger partial charge in [-0.25, -0.2) is 4.98 Å². The Morgan fingerprint density at radius 2 is 2.32 bits per heavy atom. The number of carbonyl (C=O) groups excluding carboxylic acids is 1. The van der Waals surface area contributed by atoms with Gasteiger partial charge in [-0.15, -0.1) is 0 Å². The van der Waals surface area contributed by atoms with Crippen LogP contribution in [0.1, 0.15) is 22.3 Å². The molecule has 0 aliphatic rings. The molecule has 0 atom stereocenters. The van der Waals surface area contributed by atoms with Gasteiger partial charge in [0.2, 0.25) is 0 Å². The van der Waals surface area contributed by atoms with E-state index in [9.17, 15) is 4.79 Å². The molecule has 0 unspecified atom stereocenters. The van der Waals surface area contributed by atoms with E-state index in [1.165, 1.54) is 11.3 Å². The van der Waals surface area contributed by atoms with Crippen LogP contribution in [0.25, 0.3) is 0 Å². The molecule has 0 spiro atoms. The van der Waals surface area contributed by atoms with Gasteiger partial charge in [0.05, 0.1) is 11.4 Å². The molecule has 2 aromatic heterocycles. The van der Waals surface area contributed by atoms with Crippen LogP contribution in [-0.4, -0.2) is 27.2 Å². The van der Waals surface area contributed by atoms with Crippen LogP contribution in [0.3, 0.4) is 0 Å². The third-order valence-corrected chi connectivity index (χ3v) is 3.48. The van der Waals surface area contributed by atoms with Crippen LogP contribution in [-0.2, 0) is 7.05 Å². The molecule has 4 N–H and O–H groups in total. The molecule has 2 aromatic rings. The Bertz CT molecular complexity index is 602. The van der Waals surface area contributed by atoms with E-state index in [0.29, 0.717) is 15.7 Å². The Hall–Kier alpha value is -2.09. The minimum Gasteiger partial charge on any atom is -0.382 e. The molecule has 2 rings (SSSR count). The molecule has 1 amide bonds. The van der Waals surface area contributed by atoms with E-state index in [1.807, 2.05) is 13.8 Å². The summed E-state index contributed by atoms with van der Waals surface area (Å²) < 4.78 is 1.64. The molecule has 102 valence electrons. The van der Waals surface area contributed by atoms with Crippen LogP contribution in [0.2, 0.25) is 0 Å². The molecule has 0 bridgehead atoms. The molecule has 0 aliphatic carbocycles. The van der Waals surface area contributed by atoms with E-state index in [0.717, 1.165) is 12.2 Å². The summed E-state index contributed by atoms with van der Waals surface area (Å²) >= 11 is 1.24. The number of nitrogens with two attached hydrogens (primary N) is 1. The number of nitrogens with one attached hydrogen (secondary N) is 2. The first-order valence-corrected chi connectivity index (χ1v) is 6.64. The van der Waals surface area contributed by atoms with Gasteiger partial charge in [-0.2, -0.15) is 5.10 Å². The van der Waals surface area contributed by atoms with Gasteiger partial charge in [-0.1, -0.05) is 11.3 Å². The van der Waals surface area contributed by atoms with Crippen molar-refractivity contribution in [2.45, 2.75) is 13.8 Å². The smallest absolute Gasteiger partial charge is 0.269 e. The maximum absolute atomic E-state index is 12.1. The number of rotatable bonds is 4. The van der Waals surface area contributed by atoms with Crippen molar-refractivity contribution in [2.75, 3.05) is 22.9 Å². The van der Waals surface area contributed by atoms with Gasteiger partial charge in [-0.3, -0.25) is 9.48 Å². The van der Waals surface area contributed by atoms with Crippen LogP contribution in [0.4, 0.5) is 16.6 Å². The van der Waals surface area contributed by atoms with Gasteiger partial charge in [0.1, 0.15) is 10.7 Å². The zero-order valence-electron chi connectivity index (χ0n) is 11.0. The van der Waals surface area contributed by atoms with Crippen molar-refractivity contribution in [3.8, 4) is 0 Å². The average Bonchev–Trinajstić information content (AvgIpc) is 2.83. The Kier molecular flexibility index (Phi) is 3.70. The largest absolute Gasteiger partial charge is 0.382 e. The molecule has 0 aromatic carbocycles. The highest BCUT2D eigenvalue weighted by Gasteiger charge is 2.17. The number of nitrogen functional groups attached to an aromatic ring is 1. The number of aryl methyl sites for hydroxylation is 2. The summed E-state index contributed by atoms with van der Waals surface area (Å²) in [5.41, 5.74) is 7.17. The quantitative estimate of drug-likeness (QED) is 0.787. The zero-order chi connectivity index (χ0) is 14.0. The van der Waals surface area contributed by atoms with E-state index in [2.05, 4.69) is 20.7 Å². The number of thiazole rings is 1. The minimum absolute atomic E-state index is 0.236. The lowest BCUT2D eigenvalue weighted by atomic mass is 10.4. The highest BCUT2D eigenvalue weighted by atomic mass is 32.1. The van der Waals surface area contributed by atoms with Crippen molar-refractivity contribution in [3.05, 3.63) is 16.8 Å². The first-order valence-electron chi connectivity index (χ1n) is 5.83. The van der Waals surface area contributed by atoms with Crippen molar-refractivity contribution >= 4 is 33.9 Å². The summed E-state index contributed by atoms with van der Waals surface area (Å²) in [6.45, 7) is 4.52. The first-order chi connectivity index (χ1) is 9.01. The predicted octanol–water partition coefficient (Wildman–Crippen LogP) is 1.45. The summed E-state index contributed by atoms with van der Waals surface area (Å²) in [4.78, 5) is 16.6. The summed E-state index contributed by atoms with van der Waals surface area (Å²) in [6, 6.07) is 0. The second-order valence-corrected chi connectivity index (χ2v) is 5.02. The van der Waals surface area contributed by atoms with E-state index >= 15 is 0 Å². The van der Waals surface area contributed by atoms with Gasteiger partial charge in [0.25, 0.3) is 5.91 Å². The van der Waals surface area contributed by atoms with Crippen LogP contribution in [0.15, 0.2) is 6.20 Å². The lowest BCUT2D eigenvalue weighted by Gasteiger charge is -2.01. The summed E-state index contributed by atoms with van der Waals surface area (Å²) in [7, 11) is 1.80. The normalized spacial score (nSPS) is 10.5. The summed E-state index contributed by atoms with van der Waals surface area (Å²) in [5, 5.41) is 10.6. The van der Waals surface area contributed by atoms with Crippen molar-refractivity contribution in [1.82, 2.24) is 14.8 Å². The van der Waals surface area contributed by atoms with Gasteiger partial charge >= 0.3 is 0 Å². The number of carbonyl (C=O) groups is 1. The maximum Gasteiger partial charge on any atom is 0.269 e. The lowest BCUT2D eigenvalue weighted by Crippen LogP contribution is -2.12. The molecule has 0 fully saturated rings. The highest BCUT2D eigenvalue weighted by Crippen LogP contribution is 2.26. The number of aromatic nitrogens is 3. The SMILES string of the molecule is CCNc1nc(N)c(C(=O)Nc2cn(C)nc2C)s1. The molecule has 0 saturated heterocycles. The summed E-state index contributed by atoms with van der Waals surface area (Å²) in [5.74, 6) is -0.0322. The van der Waals surface area contributed by atoms with Gasteiger partial charge in [0.15, 0.2) is 5.13 Å². The van der Waals surface area contributed by atoms with E-state index in [4.69, 9.17) is 5.73 Å². The van der Waals surface area contributed by atoms with Gasteiger partial charge in [-0.05, 0) is 13.8 Å². The highest BCUT2D eigenvalue weighted by molar-refractivity contribution is 7.18. The number of nitrogens with zero attached hydrogens (tertiary/aromatic N) is 3. The molecular formula is C11H16N6OS. The average molecular weight is 280 g/mol. The predicted molar refractivity (Wildman–Crippen MR) is 76.6 cm³/mol. The second kappa shape index (κ2) is 5.27. The molecule has 7 nitrogen and oxygen atoms in total. The maximum atomic E-state index is 12.1. The lowest BCUT2D eigenvalue weighted by molar-refractivity contribution is 0.103. The third kappa shape index (κ3) is 2.84. The van der Waals surface area contributed by atoms with Gasteiger partial charge in [0, 0.05) is 19.8 Å². The Morgan fingerprint density at radius 3 is 2.89 bits per heavy atom. The van der Waals surface area contributed by atoms with Crippen molar-refractivity contribution in [1.29, 1.82) is 0 Å². The van der Waals surface area contributed by atoms with Gasteiger partial charge < -0.3 is 16.4 Å². The molecule has 0 radical (unpaired) electrons. The molecule has 2 heterocycles. The monoisotopic (exact) mass is 280 g/mol. The Morgan fingerprint density at radius 1 is 1.58 bits per heavy atom. The van der Waals surface area contributed by atoms with E-state index < -0.39 is 0 Å². The molecular weight excluding hydrogens is 264 g/mol. The number of hydrogen-bond donors (Lipinski definition) is 3. The molecule has 19 heavy (non-hydrogen) atoms. The fraction of sp³-hybridized carbons (Fsp3) is 0.364. The van der Waals surface area contributed by atoms with Crippen molar-refractivity contribution in [2.24, 2.45) is 7.05 Å². The standard InChI is InChI=1S/C11H16N6OS/c1-4-13-11-15-9(12)8(19-11)10(18)14-7-5-17(3)16-6(7)2/h5H,4,12H2,1-3H3,(H,13,15)(H,14,18). The van der Waals surface area contributed by atoms with E-state index in [-0.39, 0.29) is 11.7 Å². The Labute approximate surface area is 114 Å². The van der Waals surface area contributed by atoms with E-state index in [1.54, 1.807) is 17.9 Å². The van der Waals surface area contributed by atoms with Crippen LogP contribution < -0.4 is 16.4 Å². The zero-order valence-corrected chi connectivity index (χ0v) is 11.8. The van der Waals surface area contributed by atoms with Crippen LogP contribution in [0, 0.1) is 6.92 Å². The molecule has 0 aliphatic heterocycles. The van der Waals surface area contributed by atoms with Crippen LogP contribution >= 0.6 is 11.3 Å². The third-order valence-electron chi connectivity index (χ3n) is 2.45. The minimum atomic E-state index is -0.268.